The van der Waals surface area contributed by atoms with Crippen LogP contribution in [0.5, 0.6) is 5.88 Å². The molecule has 3 rings (SSSR count). The fourth-order valence-electron chi connectivity index (χ4n) is 3.40. The van der Waals surface area contributed by atoms with Crippen molar-refractivity contribution in [2.24, 2.45) is 5.92 Å². The molecule has 1 atom stereocenters. The van der Waals surface area contributed by atoms with E-state index in [0.717, 1.165) is 12.8 Å². The quantitative estimate of drug-likeness (QED) is 0.891. The molecule has 1 aromatic rings. The number of likely N-dealkylation sites (tertiary alicyclic amines) is 1. The number of carbonyl (C=O) groups is 2. The topological polar surface area (TPSA) is 84.4 Å². The maximum absolute atomic E-state index is 12.4. The molecule has 0 bridgehead atoms. The van der Waals surface area contributed by atoms with E-state index in [-0.39, 0.29) is 30.3 Å². The molecular formula is C17H24N4O3. The number of anilines is 1. The highest BCUT2D eigenvalue weighted by Crippen LogP contribution is 2.29. The fourth-order valence-corrected chi connectivity index (χ4v) is 3.40. The van der Waals surface area contributed by atoms with Crippen LogP contribution >= 0.6 is 0 Å². The molecule has 0 aromatic carbocycles. The van der Waals surface area contributed by atoms with Gasteiger partial charge in [0.05, 0.1) is 12.0 Å². The third-order valence-electron chi connectivity index (χ3n) is 4.54. The Bertz CT molecular complexity index is 596. The summed E-state index contributed by atoms with van der Waals surface area (Å²) in [6, 6.07) is 3.66. The third-order valence-corrected chi connectivity index (χ3v) is 4.54. The number of rotatable bonds is 5. The first-order valence-corrected chi connectivity index (χ1v) is 8.63. The zero-order valence-electron chi connectivity index (χ0n) is 14.2. The molecule has 1 unspecified atom stereocenters. The van der Waals surface area contributed by atoms with Gasteiger partial charge in [-0.2, -0.15) is 0 Å². The summed E-state index contributed by atoms with van der Waals surface area (Å²) >= 11 is 0. The van der Waals surface area contributed by atoms with E-state index in [4.69, 9.17) is 4.74 Å². The van der Waals surface area contributed by atoms with Gasteiger partial charge >= 0.3 is 0 Å². The van der Waals surface area contributed by atoms with E-state index < -0.39 is 0 Å². The van der Waals surface area contributed by atoms with E-state index in [2.05, 4.69) is 15.5 Å². The summed E-state index contributed by atoms with van der Waals surface area (Å²) in [6.07, 6.45) is 4.76. The monoisotopic (exact) mass is 332 g/mol. The maximum atomic E-state index is 12.4. The number of hydrogen-bond donors (Lipinski definition) is 1. The van der Waals surface area contributed by atoms with Gasteiger partial charge in [0.25, 0.3) is 0 Å². The van der Waals surface area contributed by atoms with E-state index >= 15 is 0 Å². The molecule has 1 aliphatic heterocycles. The van der Waals surface area contributed by atoms with Crippen molar-refractivity contribution in [2.75, 3.05) is 11.9 Å². The van der Waals surface area contributed by atoms with Crippen molar-refractivity contribution in [1.82, 2.24) is 15.1 Å². The first-order chi connectivity index (χ1) is 11.5. The van der Waals surface area contributed by atoms with Crippen molar-refractivity contribution in [1.29, 1.82) is 0 Å². The largest absolute Gasteiger partial charge is 0.474 e. The number of amides is 2. The molecule has 0 radical (unpaired) electrons. The molecule has 1 saturated carbocycles. The van der Waals surface area contributed by atoms with E-state index in [0.29, 0.717) is 24.3 Å². The molecule has 7 nitrogen and oxygen atoms in total. The second-order valence-electron chi connectivity index (χ2n) is 6.80. The van der Waals surface area contributed by atoms with Gasteiger partial charge in [0, 0.05) is 25.1 Å². The molecule has 1 aromatic heterocycles. The van der Waals surface area contributed by atoms with Crippen LogP contribution in [-0.2, 0) is 9.59 Å². The number of carbonyl (C=O) groups excluding carboxylic acids is 2. The van der Waals surface area contributed by atoms with Gasteiger partial charge in [-0.3, -0.25) is 9.59 Å². The molecule has 2 fully saturated rings. The van der Waals surface area contributed by atoms with Crippen LogP contribution in [0.3, 0.4) is 0 Å². The predicted molar refractivity (Wildman–Crippen MR) is 88.5 cm³/mol. The summed E-state index contributed by atoms with van der Waals surface area (Å²) in [4.78, 5) is 26.5. The van der Waals surface area contributed by atoms with Crippen molar-refractivity contribution in [3.05, 3.63) is 12.1 Å². The lowest BCUT2D eigenvalue weighted by atomic mass is 10.1. The fraction of sp³-hybridized carbons (Fsp3) is 0.647. The molecule has 2 amide bonds. The zero-order chi connectivity index (χ0) is 17.1. The lowest BCUT2D eigenvalue weighted by Gasteiger charge is -2.23. The van der Waals surface area contributed by atoms with Crippen molar-refractivity contribution in [2.45, 2.75) is 58.1 Å². The smallest absolute Gasteiger partial charge is 0.233 e. The number of hydrogen-bond acceptors (Lipinski definition) is 5. The van der Waals surface area contributed by atoms with Crippen LogP contribution in [0.4, 0.5) is 5.82 Å². The number of ether oxygens (including phenoxy) is 1. The first-order valence-electron chi connectivity index (χ1n) is 8.63. The van der Waals surface area contributed by atoms with Crippen LogP contribution in [0.15, 0.2) is 12.1 Å². The number of nitrogens with one attached hydrogen (secondary N) is 1. The minimum Gasteiger partial charge on any atom is -0.474 e. The Morgan fingerprint density at radius 3 is 2.67 bits per heavy atom. The Hall–Kier alpha value is -2.18. The highest BCUT2D eigenvalue weighted by Gasteiger charge is 2.38. The molecule has 2 heterocycles. The minimum atomic E-state index is -0.313. The Labute approximate surface area is 141 Å². The lowest BCUT2D eigenvalue weighted by Crippen LogP contribution is -2.35. The Balaban J connectivity index is 1.56. The molecule has 1 N–H and O–H groups in total. The van der Waals surface area contributed by atoms with Crippen molar-refractivity contribution >= 4 is 17.6 Å². The Kier molecular flexibility index (Phi) is 4.97. The van der Waals surface area contributed by atoms with Gasteiger partial charge < -0.3 is 15.0 Å². The highest BCUT2D eigenvalue weighted by atomic mass is 16.5. The van der Waals surface area contributed by atoms with Crippen molar-refractivity contribution in [3.8, 4) is 5.88 Å². The summed E-state index contributed by atoms with van der Waals surface area (Å²) in [5.74, 6) is 0.408. The van der Waals surface area contributed by atoms with Crippen LogP contribution in [-0.4, -0.2) is 45.6 Å². The molecule has 1 saturated heterocycles. The second kappa shape index (κ2) is 7.15. The highest BCUT2D eigenvalue weighted by molar-refractivity contribution is 5.96. The summed E-state index contributed by atoms with van der Waals surface area (Å²) in [5, 5.41) is 10.6. The molecular weight excluding hydrogens is 308 g/mol. The molecule has 1 aliphatic carbocycles. The maximum Gasteiger partial charge on any atom is 0.233 e. The normalized spacial score (nSPS) is 21.5. The van der Waals surface area contributed by atoms with E-state index in [9.17, 15) is 9.59 Å². The average molecular weight is 332 g/mol. The van der Waals surface area contributed by atoms with Crippen LogP contribution in [0.1, 0.15) is 46.0 Å². The summed E-state index contributed by atoms with van der Waals surface area (Å²) in [7, 11) is 0. The van der Waals surface area contributed by atoms with Gasteiger partial charge in [-0.1, -0.05) is 12.8 Å². The van der Waals surface area contributed by atoms with Gasteiger partial charge in [0.2, 0.25) is 17.7 Å². The number of aromatic nitrogens is 2. The van der Waals surface area contributed by atoms with Crippen LogP contribution in [0, 0.1) is 5.92 Å². The molecule has 2 aliphatic rings. The lowest BCUT2D eigenvalue weighted by molar-refractivity contribution is -0.129. The van der Waals surface area contributed by atoms with Gasteiger partial charge in [0.15, 0.2) is 5.82 Å². The van der Waals surface area contributed by atoms with Gasteiger partial charge in [-0.25, -0.2) is 0 Å². The second-order valence-corrected chi connectivity index (χ2v) is 6.80. The van der Waals surface area contributed by atoms with Crippen LogP contribution in [0.2, 0.25) is 0 Å². The third kappa shape index (κ3) is 3.83. The first kappa shape index (κ1) is 16.7. The average Bonchev–Trinajstić information content (AvgIpc) is 3.17. The molecule has 130 valence electrons. The number of nitrogens with zero attached hydrogens (tertiary/aromatic N) is 3. The Morgan fingerprint density at radius 2 is 2.04 bits per heavy atom. The van der Waals surface area contributed by atoms with Gasteiger partial charge in [0.1, 0.15) is 0 Å². The summed E-state index contributed by atoms with van der Waals surface area (Å²) < 4.78 is 5.42. The van der Waals surface area contributed by atoms with Crippen molar-refractivity contribution in [3.63, 3.8) is 0 Å². The van der Waals surface area contributed by atoms with E-state index in [1.165, 1.54) is 12.8 Å². The van der Waals surface area contributed by atoms with E-state index in [1.807, 2.05) is 18.7 Å². The standard InChI is InChI=1S/C17H24N4O3/c1-11(2)24-15-8-7-14(19-20-15)18-17(23)12-9-16(22)21(10-12)13-5-3-4-6-13/h7-8,11-13H,3-6,9-10H2,1-2H3,(H,18,19,23). The van der Waals surface area contributed by atoms with E-state index in [1.54, 1.807) is 12.1 Å². The van der Waals surface area contributed by atoms with Gasteiger partial charge in [-0.15, -0.1) is 10.2 Å². The molecule has 0 spiro atoms. The van der Waals surface area contributed by atoms with Crippen LogP contribution < -0.4 is 10.1 Å². The predicted octanol–water partition coefficient (Wildman–Crippen LogP) is 1.99. The van der Waals surface area contributed by atoms with Crippen molar-refractivity contribution < 1.29 is 14.3 Å². The minimum absolute atomic E-state index is 0.0193. The SMILES string of the molecule is CC(C)Oc1ccc(NC(=O)C2CC(=O)N(C3CCCC3)C2)nn1. The molecule has 7 heteroatoms. The summed E-state index contributed by atoms with van der Waals surface area (Å²) in [5.41, 5.74) is 0. The Morgan fingerprint density at radius 1 is 1.29 bits per heavy atom. The van der Waals surface area contributed by atoms with Gasteiger partial charge in [-0.05, 0) is 32.8 Å². The van der Waals surface area contributed by atoms with Crippen LogP contribution in [0.25, 0.3) is 0 Å². The summed E-state index contributed by atoms with van der Waals surface area (Å²) in [6.45, 7) is 4.33. The zero-order valence-corrected chi connectivity index (χ0v) is 14.2. The molecule has 24 heavy (non-hydrogen) atoms.